The first-order chi connectivity index (χ1) is 63.9. The standard InChI is InChI=1S/C12H22O5.2C11H20O5.3C10H18O5.2C9H16O5.C8H14O5/c1-3-7-16-11(14)6-5-10(13)9-12(15)17-8-4-2;1-3-7-16-10(13)6-5-9(12)8-11(14)15-4-2;1-3-7-16-11(14)8-9(12)5-6-10(13)15-4-2;1-3-6-15-9(12)5-4-8(11)7-10(13)14-2;1-3-6-15-10(13)7-8(11)4-5-9(12)14-2;1-3-14-9(12)6-5-8(11)7-10(13)15-4-2;1-3-14-8(11)5-4-7(10)6-9(12)13-2;1-3-14-9(12)6-7(10)4-5-8(11)13-2;1-12-7(10)4-3-6(9)5-8(11)13-2/h10,13H,3-9H2,1-2H3;2*9,12H,3-8H2,1-2H3;3*8,11H,3-7H2,1-2H3;2*7,10H,3-6H2,1-2H3;6,9H,3-5H2,1-2H3. The van der Waals surface area contributed by atoms with Crippen LogP contribution in [0.3, 0.4) is 0 Å². The lowest BCUT2D eigenvalue weighted by atomic mass is 10.1. The van der Waals surface area contributed by atoms with Crippen molar-refractivity contribution in [3.05, 3.63) is 0 Å². The van der Waals surface area contributed by atoms with Crippen LogP contribution in [0.1, 0.15) is 295 Å². The van der Waals surface area contributed by atoms with Crippen LogP contribution in [0.15, 0.2) is 0 Å². The minimum absolute atomic E-state index is 0.0684. The normalized spacial score (nSPS) is 11.9. The number of esters is 18. The lowest BCUT2D eigenvalue weighted by Gasteiger charge is -2.09. The fourth-order valence-corrected chi connectivity index (χ4v) is 8.81. The lowest BCUT2D eigenvalue weighted by Crippen LogP contribution is -2.18. The molecule has 0 aromatic rings. The molecule has 792 valence electrons. The Kier molecular flexibility index (Phi) is 111. The summed E-state index contributed by atoms with van der Waals surface area (Å²) >= 11 is 0. The van der Waals surface area contributed by atoms with Crippen molar-refractivity contribution < 1.29 is 218 Å². The van der Waals surface area contributed by atoms with Gasteiger partial charge in [-0.3, -0.25) is 86.3 Å². The van der Waals surface area contributed by atoms with Crippen molar-refractivity contribution >= 4 is 107 Å². The molecule has 0 aromatic carbocycles. The zero-order valence-electron chi connectivity index (χ0n) is 82.7. The quantitative estimate of drug-likeness (QED) is 0.0257. The van der Waals surface area contributed by atoms with Crippen LogP contribution in [0, 0.1) is 0 Å². The average Bonchev–Trinajstić information content (AvgIpc) is 1.03. The van der Waals surface area contributed by atoms with Gasteiger partial charge in [-0.05, 0) is 138 Å². The van der Waals surface area contributed by atoms with E-state index in [0.717, 1.165) is 38.5 Å². The molecule has 0 saturated carbocycles. The summed E-state index contributed by atoms with van der Waals surface area (Å²) in [6, 6.07) is 0. The molecule has 9 unspecified atom stereocenters. The van der Waals surface area contributed by atoms with Gasteiger partial charge in [0.1, 0.15) is 0 Å². The summed E-state index contributed by atoms with van der Waals surface area (Å²) in [5, 5.41) is 84.1. The first-order valence-electron chi connectivity index (χ1n) is 45.3. The van der Waals surface area contributed by atoms with Crippen LogP contribution in [0.2, 0.25) is 0 Å². The molecule has 135 heavy (non-hydrogen) atoms. The van der Waals surface area contributed by atoms with Crippen molar-refractivity contribution in [3.8, 4) is 0 Å². The first kappa shape index (κ1) is 143. The minimum atomic E-state index is -0.841. The van der Waals surface area contributed by atoms with Crippen molar-refractivity contribution in [3.63, 3.8) is 0 Å². The number of hydrogen-bond donors (Lipinski definition) is 9. The van der Waals surface area contributed by atoms with Gasteiger partial charge in [-0.15, -0.1) is 0 Å². The number of carbonyl (C=O) groups is 18. The Morgan fingerprint density at radius 2 is 0.259 bits per heavy atom. The van der Waals surface area contributed by atoms with Crippen molar-refractivity contribution in [2.75, 3.05) is 122 Å². The summed E-state index contributed by atoms with van der Waals surface area (Å²) in [4.78, 5) is 196. The molecule has 0 fully saturated rings. The summed E-state index contributed by atoms with van der Waals surface area (Å²) in [5.41, 5.74) is 0. The SMILES string of the molecule is CCCOC(=O)CC(O)CCC(=O)OC.CCCOC(=O)CC(O)CCC(=O)OCC.CCCOC(=O)CCC(O)CC(=O)OC.CCCOC(=O)CCC(O)CC(=O)OCC.CCCOC(=O)CCC(O)CC(=O)OCCC.CCOC(=O)CC(O)CCC(=O)OC.CCOC(=O)CCC(O)CC(=O)OC.CCOC(=O)CCC(O)CC(=O)OCC.COC(=O)CCC(O)CC(=O)OC. The number of aliphatic hydroxyl groups excluding tert-OH is 9. The molecule has 45 heteroatoms. The van der Waals surface area contributed by atoms with Crippen molar-refractivity contribution in [2.24, 2.45) is 0 Å². The van der Waals surface area contributed by atoms with E-state index in [9.17, 15) is 132 Å². The third-order valence-corrected chi connectivity index (χ3v) is 15.8. The van der Waals surface area contributed by atoms with E-state index in [2.05, 4.69) is 52.1 Å². The minimum Gasteiger partial charge on any atom is -0.469 e. The van der Waals surface area contributed by atoms with Gasteiger partial charge < -0.3 is 131 Å². The van der Waals surface area contributed by atoms with Crippen molar-refractivity contribution in [1.82, 2.24) is 0 Å². The van der Waals surface area contributed by atoms with Crippen LogP contribution in [-0.4, -0.2) is 330 Å². The topological polar surface area (TPSA) is 655 Å². The second kappa shape index (κ2) is 105. The Labute approximate surface area is 793 Å². The largest absolute Gasteiger partial charge is 0.469 e. The molecule has 0 saturated heterocycles. The molecule has 0 aromatic heterocycles. The fraction of sp³-hybridized carbons (Fsp3) is 0.800. The number of hydrogen-bond acceptors (Lipinski definition) is 45. The number of carbonyl (C=O) groups excluding carboxylic acids is 18. The third kappa shape index (κ3) is 118. The number of methoxy groups -OCH3 is 6. The third-order valence-electron chi connectivity index (χ3n) is 15.8. The Balaban J connectivity index is -0.000000189. The first-order valence-corrected chi connectivity index (χ1v) is 45.3. The highest BCUT2D eigenvalue weighted by Crippen LogP contribution is 2.13. The molecule has 0 rings (SSSR count). The highest BCUT2D eigenvalue weighted by Gasteiger charge is 2.22. The van der Waals surface area contributed by atoms with E-state index in [1.807, 2.05) is 41.5 Å². The molecule has 0 bridgehead atoms. The van der Waals surface area contributed by atoms with E-state index in [0.29, 0.717) is 79.3 Å². The number of ether oxygens (including phenoxy) is 18. The van der Waals surface area contributed by atoms with E-state index >= 15 is 0 Å². The predicted molar refractivity (Wildman–Crippen MR) is 478 cm³/mol. The van der Waals surface area contributed by atoms with Crippen molar-refractivity contribution in [1.29, 1.82) is 0 Å². The van der Waals surface area contributed by atoms with E-state index < -0.39 is 127 Å². The Morgan fingerprint density at radius 1 is 0.156 bits per heavy atom. The highest BCUT2D eigenvalue weighted by molar-refractivity contribution is 5.76. The smallest absolute Gasteiger partial charge is 0.308 e. The molecule has 0 amide bonds. The molecular formula is C90H162O45. The zero-order chi connectivity index (χ0) is 105. The Hall–Kier alpha value is -9.90. The van der Waals surface area contributed by atoms with Gasteiger partial charge in [0.2, 0.25) is 0 Å². The molecular weight excluding hydrogens is 1800 g/mol. The molecule has 0 radical (unpaired) electrons. The van der Waals surface area contributed by atoms with Crippen LogP contribution in [0.5, 0.6) is 0 Å². The van der Waals surface area contributed by atoms with Gasteiger partial charge >= 0.3 is 107 Å². The molecule has 45 nitrogen and oxygen atoms in total. The average molecular weight is 1960 g/mol. The summed E-state index contributed by atoms with van der Waals surface area (Å²) < 4.78 is 83.1. The van der Waals surface area contributed by atoms with Gasteiger partial charge in [0.05, 0.1) is 235 Å². The van der Waals surface area contributed by atoms with Gasteiger partial charge in [0, 0.05) is 57.8 Å². The van der Waals surface area contributed by atoms with Crippen LogP contribution in [-0.2, 0) is 172 Å². The van der Waals surface area contributed by atoms with Crippen LogP contribution < -0.4 is 0 Å². The maximum Gasteiger partial charge on any atom is 0.308 e. The maximum atomic E-state index is 11.1. The Bertz CT molecular complexity index is 3070. The molecule has 0 spiro atoms. The summed E-state index contributed by atoms with van der Waals surface area (Å²) in [5.74, 6) is -7.40. The molecule has 0 aliphatic carbocycles. The molecule has 9 N–H and O–H groups in total. The van der Waals surface area contributed by atoms with E-state index in [4.69, 9.17) is 33.2 Å². The second-order valence-electron chi connectivity index (χ2n) is 28.2. The second-order valence-corrected chi connectivity index (χ2v) is 28.2. The fourth-order valence-electron chi connectivity index (χ4n) is 8.81. The Morgan fingerprint density at radius 3 is 0.385 bits per heavy atom. The summed E-state index contributed by atoms with van der Waals surface area (Å²) in [7, 11) is 7.58. The van der Waals surface area contributed by atoms with Gasteiger partial charge in [0.25, 0.3) is 0 Å². The van der Waals surface area contributed by atoms with E-state index in [1.165, 1.54) is 42.7 Å². The number of aliphatic hydroxyl groups is 9. The van der Waals surface area contributed by atoms with E-state index in [1.54, 1.807) is 41.5 Å². The number of rotatable bonds is 63. The van der Waals surface area contributed by atoms with Gasteiger partial charge in [-0.1, -0.05) is 41.5 Å². The van der Waals surface area contributed by atoms with Crippen LogP contribution >= 0.6 is 0 Å². The van der Waals surface area contributed by atoms with Gasteiger partial charge in [-0.2, -0.15) is 0 Å². The molecule has 0 heterocycles. The highest BCUT2D eigenvalue weighted by atomic mass is 16.6. The van der Waals surface area contributed by atoms with Crippen molar-refractivity contribution in [2.45, 2.75) is 350 Å². The van der Waals surface area contributed by atoms with E-state index in [-0.39, 0.29) is 209 Å². The molecule has 9 atom stereocenters. The van der Waals surface area contributed by atoms with Crippen LogP contribution in [0.4, 0.5) is 0 Å². The summed E-state index contributed by atoms with van der Waals surface area (Å²) in [6.45, 7) is 25.8. The molecule has 0 aliphatic rings. The molecule has 0 aliphatic heterocycles. The maximum absolute atomic E-state index is 11.1. The monoisotopic (exact) mass is 1960 g/mol. The van der Waals surface area contributed by atoms with Gasteiger partial charge in [0.15, 0.2) is 0 Å². The lowest BCUT2D eigenvalue weighted by molar-refractivity contribution is -0.148. The zero-order valence-corrected chi connectivity index (χ0v) is 82.7. The summed E-state index contributed by atoms with van der Waals surface area (Å²) in [6.07, 6.45) is -0.649. The van der Waals surface area contributed by atoms with Crippen LogP contribution in [0.25, 0.3) is 0 Å². The van der Waals surface area contributed by atoms with Gasteiger partial charge in [-0.25, -0.2) is 0 Å². The predicted octanol–water partition coefficient (Wildman–Crippen LogP) is 5.79.